The number of hydrogen-bond donors (Lipinski definition) is 0. The minimum atomic E-state index is 0.998. The zero-order valence-corrected chi connectivity index (χ0v) is 8.97. The van der Waals surface area contributed by atoms with Gasteiger partial charge in [0, 0.05) is 0 Å². The second kappa shape index (κ2) is 3.56. The van der Waals surface area contributed by atoms with Gasteiger partial charge < -0.3 is 0 Å². The summed E-state index contributed by atoms with van der Waals surface area (Å²) in [6, 6.07) is 0. The SMILES string of the molecule is C1=CCC2=C(C1)CCC1CCCCC21. The lowest BCUT2D eigenvalue weighted by Crippen LogP contribution is -2.26. The van der Waals surface area contributed by atoms with Crippen LogP contribution in [0.2, 0.25) is 0 Å². The van der Waals surface area contributed by atoms with Gasteiger partial charge in [0.1, 0.15) is 0 Å². The molecule has 14 heavy (non-hydrogen) atoms. The lowest BCUT2D eigenvalue weighted by molar-refractivity contribution is 0.237. The third-order valence-corrected chi connectivity index (χ3v) is 4.50. The molecule has 3 aliphatic carbocycles. The van der Waals surface area contributed by atoms with E-state index in [4.69, 9.17) is 0 Å². The molecule has 0 nitrogen and oxygen atoms in total. The molecule has 0 heteroatoms. The summed E-state index contributed by atoms with van der Waals surface area (Å²) < 4.78 is 0. The molecule has 2 atom stereocenters. The van der Waals surface area contributed by atoms with E-state index in [1.54, 1.807) is 0 Å². The minimum Gasteiger partial charge on any atom is -0.0841 e. The zero-order chi connectivity index (χ0) is 9.38. The summed E-state index contributed by atoms with van der Waals surface area (Å²) in [5.41, 5.74) is 3.68. The fraction of sp³-hybridized carbons (Fsp3) is 0.714. The van der Waals surface area contributed by atoms with E-state index in [9.17, 15) is 0 Å². The maximum Gasteiger partial charge on any atom is -0.0133 e. The maximum absolute atomic E-state index is 2.40. The van der Waals surface area contributed by atoms with Gasteiger partial charge in [-0.1, -0.05) is 36.1 Å². The summed E-state index contributed by atoms with van der Waals surface area (Å²) in [5.74, 6) is 2.06. The van der Waals surface area contributed by atoms with E-state index in [2.05, 4.69) is 12.2 Å². The van der Waals surface area contributed by atoms with Crippen molar-refractivity contribution in [2.75, 3.05) is 0 Å². The maximum atomic E-state index is 2.40. The van der Waals surface area contributed by atoms with Crippen LogP contribution < -0.4 is 0 Å². The van der Waals surface area contributed by atoms with Gasteiger partial charge in [0.15, 0.2) is 0 Å². The monoisotopic (exact) mass is 188 g/mol. The molecule has 1 fully saturated rings. The molecule has 2 unspecified atom stereocenters. The Balaban J connectivity index is 1.87. The van der Waals surface area contributed by atoms with Gasteiger partial charge in [-0.2, -0.15) is 0 Å². The van der Waals surface area contributed by atoms with E-state index in [1.165, 1.54) is 51.4 Å². The highest BCUT2D eigenvalue weighted by molar-refractivity contribution is 5.29. The van der Waals surface area contributed by atoms with E-state index in [0.717, 1.165) is 11.8 Å². The largest absolute Gasteiger partial charge is 0.0841 e. The highest BCUT2D eigenvalue weighted by Gasteiger charge is 2.32. The molecule has 0 bridgehead atoms. The standard InChI is InChI=1S/C14H20/c1-3-7-13-11(5-1)9-10-12-6-2-4-8-14(12)13/h1,3,12,14H,2,4-10H2. The first kappa shape index (κ1) is 8.76. The number of hydrogen-bond acceptors (Lipinski definition) is 0. The highest BCUT2D eigenvalue weighted by atomic mass is 14.4. The molecular weight excluding hydrogens is 168 g/mol. The zero-order valence-electron chi connectivity index (χ0n) is 8.97. The average Bonchev–Trinajstić information content (AvgIpc) is 2.29. The van der Waals surface area contributed by atoms with Crippen LogP contribution in [0.3, 0.4) is 0 Å². The summed E-state index contributed by atoms with van der Waals surface area (Å²) in [6.07, 6.45) is 16.3. The van der Waals surface area contributed by atoms with Crippen molar-refractivity contribution >= 4 is 0 Å². The van der Waals surface area contributed by atoms with E-state index in [1.807, 2.05) is 11.1 Å². The van der Waals surface area contributed by atoms with Crippen molar-refractivity contribution in [1.82, 2.24) is 0 Å². The molecule has 0 aromatic carbocycles. The van der Waals surface area contributed by atoms with E-state index >= 15 is 0 Å². The fourth-order valence-corrected chi connectivity index (χ4v) is 3.76. The van der Waals surface area contributed by atoms with Crippen LogP contribution in [0.5, 0.6) is 0 Å². The first-order chi connectivity index (χ1) is 6.95. The Bertz CT molecular complexity index is 282. The third kappa shape index (κ3) is 1.36. The molecule has 0 radical (unpaired) electrons. The first-order valence-corrected chi connectivity index (χ1v) is 6.31. The van der Waals surface area contributed by atoms with Crippen LogP contribution in [0.25, 0.3) is 0 Å². The Hall–Kier alpha value is -0.520. The third-order valence-electron chi connectivity index (χ3n) is 4.50. The van der Waals surface area contributed by atoms with Gasteiger partial charge in [0.25, 0.3) is 0 Å². The van der Waals surface area contributed by atoms with Crippen molar-refractivity contribution < 1.29 is 0 Å². The van der Waals surface area contributed by atoms with Crippen LogP contribution in [0.1, 0.15) is 51.4 Å². The summed E-state index contributed by atoms with van der Waals surface area (Å²) >= 11 is 0. The van der Waals surface area contributed by atoms with Crippen LogP contribution in [0.4, 0.5) is 0 Å². The van der Waals surface area contributed by atoms with Gasteiger partial charge in [-0.3, -0.25) is 0 Å². The Morgan fingerprint density at radius 1 is 0.929 bits per heavy atom. The lowest BCUT2D eigenvalue weighted by Gasteiger charge is -2.39. The van der Waals surface area contributed by atoms with Crippen LogP contribution >= 0.6 is 0 Å². The van der Waals surface area contributed by atoms with Crippen molar-refractivity contribution in [2.45, 2.75) is 51.4 Å². The molecule has 3 rings (SSSR count). The highest BCUT2D eigenvalue weighted by Crippen LogP contribution is 2.46. The topological polar surface area (TPSA) is 0 Å². The summed E-state index contributed by atoms with van der Waals surface area (Å²) in [5, 5.41) is 0. The molecule has 1 saturated carbocycles. The summed E-state index contributed by atoms with van der Waals surface area (Å²) in [6.45, 7) is 0. The Labute approximate surface area is 87.1 Å². The molecule has 0 saturated heterocycles. The molecule has 0 aromatic heterocycles. The van der Waals surface area contributed by atoms with Crippen molar-refractivity contribution in [2.24, 2.45) is 11.8 Å². The van der Waals surface area contributed by atoms with Crippen LogP contribution in [-0.2, 0) is 0 Å². The summed E-state index contributed by atoms with van der Waals surface area (Å²) in [4.78, 5) is 0. The van der Waals surface area contributed by atoms with Gasteiger partial charge in [0.05, 0.1) is 0 Å². The van der Waals surface area contributed by atoms with Crippen LogP contribution in [-0.4, -0.2) is 0 Å². The van der Waals surface area contributed by atoms with Gasteiger partial charge in [-0.05, 0) is 50.4 Å². The van der Waals surface area contributed by atoms with Crippen molar-refractivity contribution in [3.8, 4) is 0 Å². The molecule has 76 valence electrons. The molecule has 3 aliphatic rings. The van der Waals surface area contributed by atoms with Gasteiger partial charge in [-0.25, -0.2) is 0 Å². The molecule has 0 aromatic rings. The van der Waals surface area contributed by atoms with Gasteiger partial charge in [-0.15, -0.1) is 0 Å². The predicted octanol–water partition coefficient (Wildman–Crippen LogP) is 4.23. The molecule has 0 amide bonds. The quantitative estimate of drug-likeness (QED) is 0.499. The van der Waals surface area contributed by atoms with E-state index in [-0.39, 0.29) is 0 Å². The molecule has 0 spiro atoms. The number of fused-ring (bicyclic) bond motifs is 2. The number of rotatable bonds is 0. The second-order valence-electron chi connectivity index (χ2n) is 5.20. The second-order valence-corrected chi connectivity index (χ2v) is 5.20. The predicted molar refractivity (Wildman–Crippen MR) is 60.1 cm³/mol. The van der Waals surface area contributed by atoms with E-state index < -0.39 is 0 Å². The number of allylic oxidation sites excluding steroid dienone is 4. The molecule has 0 heterocycles. The Morgan fingerprint density at radius 3 is 2.79 bits per heavy atom. The molecular formula is C14H20. The van der Waals surface area contributed by atoms with Gasteiger partial charge in [0.2, 0.25) is 0 Å². The minimum absolute atomic E-state index is 0.998. The molecule has 0 aliphatic heterocycles. The van der Waals surface area contributed by atoms with Crippen LogP contribution in [0.15, 0.2) is 23.3 Å². The Morgan fingerprint density at radius 2 is 1.79 bits per heavy atom. The van der Waals surface area contributed by atoms with E-state index in [0.29, 0.717) is 0 Å². The van der Waals surface area contributed by atoms with Crippen molar-refractivity contribution in [3.63, 3.8) is 0 Å². The lowest BCUT2D eigenvalue weighted by atomic mass is 9.66. The normalized spacial score (nSPS) is 36.6. The Kier molecular flexibility index (Phi) is 2.23. The smallest absolute Gasteiger partial charge is 0.0133 e. The first-order valence-electron chi connectivity index (χ1n) is 6.31. The van der Waals surface area contributed by atoms with Crippen LogP contribution in [0, 0.1) is 11.8 Å². The van der Waals surface area contributed by atoms with Crippen molar-refractivity contribution in [3.05, 3.63) is 23.3 Å². The molecule has 0 N–H and O–H groups in total. The van der Waals surface area contributed by atoms with Gasteiger partial charge >= 0.3 is 0 Å². The fourth-order valence-electron chi connectivity index (χ4n) is 3.76. The average molecular weight is 188 g/mol. The summed E-state index contributed by atoms with van der Waals surface area (Å²) in [7, 11) is 0. The van der Waals surface area contributed by atoms with Crippen molar-refractivity contribution in [1.29, 1.82) is 0 Å².